The van der Waals surface area contributed by atoms with Crippen LogP contribution in [0.2, 0.25) is 0 Å². The second-order valence-corrected chi connectivity index (χ2v) is 11.9. The van der Waals surface area contributed by atoms with Crippen molar-refractivity contribution in [3.63, 3.8) is 0 Å². The van der Waals surface area contributed by atoms with Gasteiger partial charge in [-0.3, -0.25) is 9.48 Å². The van der Waals surface area contributed by atoms with Crippen LogP contribution >= 0.6 is 0 Å². The molecule has 0 radical (unpaired) electrons. The molecule has 4 heterocycles. The fourth-order valence-corrected chi connectivity index (χ4v) is 5.04. The normalized spacial score (nSPS) is 16.4. The molecular formula is C31H35N7O4. The van der Waals surface area contributed by atoms with Crippen molar-refractivity contribution in [3.8, 4) is 22.5 Å². The molecule has 0 amide bonds. The standard InChI is InChI=1S/C31H35N7O4/c1-31(2,3)41-30(40)42-36-13-11-26(12-14-36)37-20-25(18-34-37)24-16-32-29(33-17-24)23-6-4-5-21(15-23)19-38-28(39)10-9-27(35-38)22-7-8-22/h4-6,9-10,15-18,20,22,26H,7-8,11-14,19H2,1-3H3. The predicted molar refractivity (Wildman–Crippen MR) is 155 cm³/mol. The van der Waals surface area contributed by atoms with E-state index in [1.165, 1.54) is 4.68 Å². The molecule has 0 unspecified atom stereocenters. The molecule has 6 rings (SSSR count). The van der Waals surface area contributed by atoms with E-state index in [2.05, 4.69) is 20.2 Å². The van der Waals surface area contributed by atoms with E-state index >= 15 is 0 Å². The summed E-state index contributed by atoms with van der Waals surface area (Å²) >= 11 is 0. The highest BCUT2D eigenvalue weighted by molar-refractivity contribution is 5.63. The average molecular weight is 570 g/mol. The van der Waals surface area contributed by atoms with Crippen LogP contribution in [0.4, 0.5) is 4.79 Å². The molecule has 0 bridgehead atoms. The lowest BCUT2D eigenvalue weighted by atomic mass is 10.1. The van der Waals surface area contributed by atoms with Crippen molar-refractivity contribution in [3.05, 3.63) is 82.8 Å². The summed E-state index contributed by atoms with van der Waals surface area (Å²) in [6.07, 6.45) is 10.6. The number of piperidine rings is 1. The van der Waals surface area contributed by atoms with Crippen molar-refractivity contribution in [1.82, 2.24) is 34.6 Å². The molecule has 1 saturated carbocycles. The van der Waals surface area contributed by atoms with Crippen LogP contribution in [-0.2, 0) is 16.1 Å². The lowest BCUT2D eigenvalue weighted by molar-refractivity contribution is -0.154. The third kappa shape index (κ3) is 6.73. The fraction of sp³-hybridized carbons (Fsp3) is 0.419. The summed E-state index contributed by atoms with van der Waals surface area (Å²) < 4.78 is 8.74. The van der Waals surface area contributed by atoms with Gasteiger partial charge in [0.05, 0.1) is 24.5 Å². The molecule has 2 fully saturated rings. The average Bonchev–Trinajstić information content (AvgIpc) is 3.70. The van der Waals surface area contributed by atoms with Gasteiger partial charge in [-0.15, -0.1) is 5.06 Å². The predicted octanol–water partition coefficient (Wildman–Crippen LogP) is 4.99. The SMILES string of the molecule is CC(C)(C)OC(=O)ON1CCC(n2cc(-c3cnc(-c4cccc(Cn5nc(C6CC6)ccc5=O)c4)nc3)cn2)CC1. The molecule has 4 aromatic rings. The number of hydrogen-bond donors (Lipinski definition) is 0. The Labute approximate surface area is 244 Å². The zero-order valence-corrected chi connectivity index (χ0v) is 24.1. The van der Waals surface area contributed by atoms with Crippen LogP contribution in [0, 0.1) is 0 Å². The minimum atomic E-state index is -0.677. The van der Waals surface area contributed by atoms with Crippen LogP contribution < -0.4 is 5.56 Å². The molecule has 1 saturated heterocycles. The van der Waals surface area contributed by atoms with Crippen molar-refractivity contribution in [2.45, 2.75) is 70.6 Å². The largest absolute Gasteiger partial charge is 0.528 e. The molecule has 11 heteroatoms. The van der Waals surface area contributed by atoms with Gasteiger partial charge in [0.1, 0.15) is 5.60 Å². The van der Waals surface area contributed by atoms with Crippen molar-refractivity contribution < 1.29 is 14.4 Å². The van der Waals surface area contributed by atoms with Gasteiger partial charge in [0, 0.05) is 60.4 Å². The van der Waals surface area contributed by atoms with Crippen LogP contribution in [0.25, 0.3) is 22.5 Å². The Hall–Kier alpha value is -4.38. The van der Waals surface area contributed by atoms with Crippen molar-refractivity contribution >= 4 is 6.16 Å². The number of carbonyl (C=O) groups is 1. The van der Waals surface area contributed by atoms with Crippen molar-refractivity contribution in [2.24, 2.45) is 0 Å². The molecule has 218 valence electrons. The van der Waals surface area contributed by atoms with Crippen molar-refractivity contribution in [1.29, 1.82) is 0 Å². The highest BCUT2D eigenvalue weighted by Crippen LogP contribution is 2.38. The summed E-state index contributed by atoms with van der Waals surface area (Å²) in [4.78, 5) is 38.9. The second kappa shape index (κ2) is 11.5. The van der Waals surface area contributed by atoms with E-state index in [1.54, 1.807) is 23.5 Å². The molecule has 2 aliphatic rings. The maximum atomic E-state index is 12.4. The highest BCUT2D eigenvalue weighted by atomic mass is 16.8. The number of benzene rings is 1. The summed E-state index contributed by atoms with van der Waals surface area (Å²) in [6.45, 7) is 7.04. The summed E-state index contributed by atoms with van der Waals surface area (Å²) in [5.41, 5.74) is 3.95. The number of nitrogens with zero attached hydrogens (tertiary/aromatic N) is 7. The minimum Gasteiger partial charge on any atom is -0.427 e. The Balaban J connectivity index is 1.07. The Kier molecular flexibility index (Phi) is 7.59. The monoisotopic (exact) mass is 569 g/mol. The zero-order valence-electron chi connectivity index (χ0n) is 24.1. The summed E-state index contributed by atoms with van der Waals surface area (Å²) in [6, 6.07) is 11.6. The van der Waals surface area contributed by atoms with E-state index in [0.29, 0.717) is 31.4 Å². The van der Waals surface area contributed by atoms with Gasteiger partial charge in [-0.25, -0.2) is 19.4 Å². The second-order valence-electron chi connectivity index (χ2n) is 11.9. The third-order valence-electron chi connectivity index (χ3n) is 7.38. The van der Waals surface area contributed by atoms with Gasteiger partial charge < -0.3 is 9.57 Å². The summed E-state index contributed by atoms with van der Waals surface area (Å²) in [5.74, 6) is 1.10. The third-order valence-corrected chi connectivity index (χ3v) is 7.38. The van der Waals surface area contributed by atoms with E-state index in [4.69, 9.17) is 9.57 Å². The molecule has 1 aliphatic heterocycles. The van der Waals surface area contributed by atoms with Crippen molar-refractivity contribution in [2.75, 3.05) is 13.1 Å². The quantitative estimate of drug-likeness (QED) is 0.284. The first kappa shape index (κ1) is 27.8. The van der Waals surface area contributed by atoms with E-state index < -0.39 is 11.8 Å². The Morgan fingerprint density at radius 2 is 1.71 bits per heavy atom. The molecule has 11 nitrogen and oxygen atoms in total. The van der Waals surface area contributed by atoms with Gasteiger partial charge in [0.25, 0.3) is 5.56 Å². The van der Waals surface area contributed by atoms with Gasteiger partial charge in [-0.1, -0.05) is 18.2 Å². The molecule has 1 aliphatic carbocycles. The Bertz CT molecular complexity index is 1610. The fourth-order valence-electron chi connectivity index (χ4n) is 5.04. The summed E-state index contributed by atoms with van der Waals surface area (Å²) in [7, 11) is 0. The lowest BCUT2D eigenvalue weighted by Crippen LogP contribution is -2.38. The van der Waals surface area contributed by atoms with Gasteiger partial charge in [0.2, 0.25) is 0 Å². The Morgan fingerprint density at radius 1 is 0.952 bits per heavy atom. The van der Waals surface area contributed by atoms with E-state index in [9.17, 15) is 9.59 Å². The van der Waals surface area contributed by atoms with Crippen LogP contribution in [0.3, 0.4) is 0 Å². The molecule has 3 aromatic heterocycles. The van der Waals surface area contributed by atoms with Gasteiger partial charge in [-0.2, -0.15) is 10.2 Å². The molecule has 0 N–H and O–H groups in total. The smallest absolute Gasteiger partial charge is 0.427 e. The first-order chi connectivity index (χ1) is 20.2. The molecule has 1 aromatic carbocycles. The van der Waals surface area contributed by atoms with Gasteiger partial charge in [-0.05, 0) is 64.2 Å². The molecule has 0 atom stereocenters. The molecule has 42 heavy (non-hydrogen) atoms. The summed E-state index contributed by atoms with van der Waals surface area (Å²) in [5, 5.41) is 10.8. The van der Waals surface area contributed by atoms with E-state index in [-0.39, 0.29) is 11.6 Å². The molecular weight excluding hydrogens is 534 g/mol. The first-order valence-electron chi connectivity index (χ1n) is 14.4. The van der Waals surface area contributed by atoms with Crippen LogP contribution in [-0.4, -0.2) is 59.4 Å². The number of ether oxygens (including phenoxy) is 1. The van der Waals surface area contributed by atoms with E-state index in [0.717, 1.165) is 53.6 Å². The van der Waals surface area contributed by atoms with Gasteiger partial charge in [0.15, 0.2) is 5.82 Å². The minimum absolute atomic E-state index is 0.106. The van der Waals surface area contributed by atoms with Crippen LogP contribution in [0.1, 0.15) is 69.7 Å². The highest BCUT2D eigenvalue weighted by Gasteiger charge is 2.27. The van der Waals surface area contributed by atoms with Crippen LogP contribution in [0.15, 0.2) is 66.0 Å². The van der Waals surface area contributed by atoms with Gasteiger partial charge >= 0.3 is 6.16 Å². The van der Waals surface area contributed by atoms with E-state index in [1.807, 2.05) is 68.2 Å². The zero-order chi connectivity index (χ0) is 29.3. The topological polar surface area (TPSA) is 117 Å². The first-order valence-corrected chi connectivity index (χ1v) is 14.4. The maximum Gasteiger partial charge on any atom is 0.528 e. The number of hydroxylamine groups is 2. The van der Waals surface area contributed by atoms with Crippen LogP contribution in [0.5, 0.6) is 0 Å². The molecule has 0 spiro atoms. The number of aromatic nitrogens is 6. The number of carbonyl (C=O) groups excluding carboxylic acids is 1. The number of hydrogen-bond acceptors (Lipinski definition) is 9. The number of rotatable bonds is 7. The lowest BCUT2D eigenvalue weighted by Gasteiger charge is -2.31. The maximum absolute atomic E-state index is 12.4. The Morgan fingerprint density at radius 3 is 2.43 bits per heavy atom.